The Morgan fingerprint density at radius 2 is 2.36 bits per heavy atom. The van der Waals surface area contributed by atoms with Crippen LogP contribution in [0.15, 0.2) is 11.3 Å². The molecule has 0 aliphatic heterocycles. The number of aromatic nitrogens is 2. The van der Waals surface area contributed by atoms with E-state index in [1.807, 2.05) is 0 Å². The van der Waals surface area contributed by atoms with Crippen LogP contribution in [0.1, 0.15) is 12.5 Å². The first kappa shape index (κ1) is 10.0. The van der Waals surface area contributed by atoms with Crippen molar-refractivity contribution in [3.8, 4) is 0 Å². The molecule has 1 rings (SSSR count). The Morgan fingerprint density at radius 3 is 2.79 bits per heavy atom. The number of anilines is 1. The third-order valence-electron chi connectivity index (χ3n) is 1.59. The van der Waals surface area contributed by atoms with Gasteiger partial charge in [0.25, 0.3) is 0 Å². The summed E-state index contributed by atoms with van der Waals surface area (Å²) in [6.45, 7) is 1.34. The first-order valence-corrected chi connectivity index (χ1v) is 3.90. The van der Waals surface area contributed by atoms with Crippen LogP contribution in [0, 0.1) is 0 Å². The second-order valence-corrected chi connectivity index (χ2v) is 2.73. The van der Waals surface area contributed by atoms with Gasteiger partial charge in [-0.1, -0.05) is 0 Å². The molecule has 1 heterocycles. The van der Waals surface area contributed by atoms with Crippen LogP contribution in [0.2, 0.25) is 0 Å². The van der Waals surface area contributed by atoms with Crippen LogP contribution in [0.3, 0.4) is 0 Å². The number of carbonyl (C=O) groups excluding carboxylic acids is 1. The second kappa shape index (κ2) is 3.77. The summed E-state index contributed by atoms with van der Waals surface area (Å²) in [7, 11) is 1.69. The van der Waals surface area contributed by atoms with E-state index in [9.17, 15) is 4.79 Å². The highest BCUT2D eigenvalue weighted by Crippen LogP contribution is 2.07. The number of rotatable bonds is 2. The predicted octanol–water partition coefficient (Wildman–Crippen LogP) is -1.24. The minimum absolute atomic E-state index is 0.130. The molecule has 0 saturated carbocycles. The molecule has 0 atom stereocenters. The van der Waals surface area contributed by atoms with Gasteiger partial charge in [0, 0.05) is 14.0 Å². The van der Waals surface area contributed by atoms with E-state index < -0.39 is 0 Å². The number of nitrogens with zero attached hydrogens (tertiary/aromatic N) is 3. The molecule has 0 fully saturated rings. The Balaban J connectivity index is 2.89. The summed E-state index contributed by atoms with van der Waals surface area (Å²) in [5.41, 5.74) is 13.9. The van der Waals surface area contributed by atoms with Crippen LogP contribution in [0.5, 0.6) is 0 Å². The zero-order valence-electron chi connectivity index (χ0n) is 7.98. The van der Waals surface area contributed by atoms with E-state index in [-0.39, 0.29) is 11.7 Å². The molecule has 14 heavy (non-hydrogen) atoms. The summed E-state index contributed by atoms with van der Waals surface area (Å²) < 4.78 is 1.46. The summed E-state index contributed by atoms with van der Waals surface area (Å²) in [5, 5.41) is 7.51. The van der Waals surface area contributed by atoms with Crippen LogP contribution < -0.4 is 16.9 Å². The Kier molecular flexibility index (Phi) is 2.70. The average Bonchev–Trinajstić information content (AvgIpc) is 2.44. The molecule has 1 amide bonds. The number of nitrogens with two attached hydrogens (primary N) is 2. The molecule has 0 bridgehead atoms. The molecule has 7 nitrogen and oxygen atoms in total. The molecule has 0 aliphatic carbocycles. The number of amides is 1. The number of aryl methyl sites for hydroxylation is 1. The van der Waals surface area contributed by atoms with Crippen molar-refractivity contribution in [2.75, 3.05) is 5.73 Å². The molecule has 1 aromatic heterocycles. The lowest BCUT2D eigenvalue weighted by Crippen LogP contribution is -2.22. The van der Waals surface area contributed by atoms with E-state index in [0.29, 0.717) is 11.4 Å². The first-order chi connectivity index (χ1) is 6.52. The lowest BCUT2D eigenvalue weighted by molar-refractivity contribution is -0.118. The van der Waals surface area contributed by atoms with Crippen molar-refractivity contribution in [3.05, 3.63) is 11.8 Å². The normalized spacial score (nSPS) is 11.4. The van der Waals surface area contributed by atoms with Crippen LogP contribution in [-0.2, 0) is 11.8 Å². The minimum atomic E-state index is -0.296. The van der Waals surface area contributed by atoms with Gasteiger partial charge in [0.05, 0.1) is 11.8 Å². The SMILES string of the molecule is CC(=O)NN=C(N)c1cnn(C)c1N. The molecule has 76 valence electrons. The smallest absolute Gasteiger partial charge is 0.237 e. The highest BCUT2D eigenvalue weighted by Gasteiger charge is 2.08. The van der Waals surface area contributed by atoms with E-state index in [1.54, 1.807) is 7.05 Å². The van der Waals surface area contributed by atoms with E-state index in [4.69, 9.17) is 11.5 Å². The van der Waals surface area contributed by atoms with Crippen molar-refractivity contribution in [2.45, 2.75) is 6.92 Å². The minimum Gasteiger partial charge on any atom is -0.383 e. The quantitative estimate of drug-likeness (QED) is 0.312. The number of hydrazone groups is 1. The fourth-order valence-corrected chi connectivity index (χ4v) is 0.844. The van der Waals surface area contributed by atoms with Crippen molar-refractivity contribution in [2.24, 2.45) is 17.9 Å². The van der Waals surface area contributed by atoms with Gasteiger partial charge >= 0.3 is 0 Å². The third kappa shape index (κ3) is 2.00. The molecule has 0 spiro atoms. The largest absolute Gasteiger partial charge is 0.383 e. The van der Waals surface area contributed by atoms with Crippen molar-refractivity contribution in [1.82, 2.24) is 15.2 Å². The first-order valence-electron chi connectivity index (χ1n) is 3.90. The summed E-state index contributed by atoms with van der Waals surface area (Å²) in [6.07, 6.45) is 1.48. The van der Waals surface area contributed by atoms with E-state index in [1.165, 1.54) is 17.8 Å². The van der Waals surface area contributed by atoms with Gasteiger partial charge in [0.15, 0.2) is 5.84 Å². The number of nitrogen functional groups attached to an aromatic ring is 1. The number of hydrogen-bond acceptors (Lipinski definition) is 4. The van der Waals surface area contributed by atoms with Crippen molar-refractivity contribution < 1.29 is 4.79 Å². The summed E-state index contributed by atoms with van der Waals surface area (Å²) >= 11 is 0. The van der Waals surface area contributed by atoms with Gasteiger partial charge in [-0.2, -0.15) is 10.2 Å². The molecule has 7 heteroatoms. The van der Waals surface area contributed by atoms with Crippen molar-refractivity contribution in [1.29, 1.82) is 0 Å². The highest BCUT2D eigenvalue weighted by molar-refractivity contribution is 6.01. The maximum absolute atomic E-state index is 10.5. The number of nitrogens with one attached hydrogen (secondary N) is 1. The van der Waals surface area contributed by atoms with Crippen LogP contribution in [0.4, 0.5) is 5.82 Å². The molecular formula is C7H12N6O. The number of hydrogen-bond donors (Lipinski definition) is 3. The summed E-state index contributed by atoms with van der Waals surface area (Å²) in [5.74, 6) is 0.234. The average molecular weight is 196 g/mol. The summed E-state index contributed by atoms with van der Waals surface area (Å²) in [4.78, 5) is 10.5. The van der Waals surface area contributed by atoms with Gasteiger partial charge in [0.2, 0.25) is 5.91 Å². The lowest BCUT2D eigenvalue weighted by atomic mass is 10.3. The number of amidine groups is 1. The lowest BCUT2D eigenvalue weighted by Gasteiger charge is -1.99. The summed E-state index contributed by atoms with van der Waals surface area (Å²) in [6, 6.07) is 0. The molecule has 1 aromatic rings. The Hall–Kier alpha value is -2.05. The van der Waals surface area contributed by atoms with Gasteiger partial charge in [-0.05, 0) is 0 Å². The van der Waals surface area contributed by atoms with Crippen LogP contribution in [-0.4, -0.2) is 21.5 Å². The standard InChI is InChI=1S/C7H12N6O/c1-4(14)11-12-6(8)5-3-10-13(2)7(5)9/h3H,9H2,1-2H3,(H2,8,12)(H,11,14). The van der Waals surface area contributed by atoms with Gasteiger partial charge in [-0.3, -0.25) is 9.48 Å². The van der Waals surface area contributed by atoms with Crippen molar-refractivity contribution in [3.63, 3.8) is 0 Å². The molecule has 0 aliphatic rings. The molecule has 0 unspecified atom stereocenters. The van der Waals surface area contributed by atoms with Gasteiger partial charge in [-0.15, -0.1) is 0 Å². The Labute approximate surface area is 80.8 Å². The molecule has 5 N–H and O–H groups in total. The molecule has 0 saturated heterocycles. The van der Waals surface area contributed by atoms with E-state index in [2.05, 4.69) is 15.6 Å². The fraction of sp³-hybridized carbons (Fsp3) is 0.286. The predicted molar refractivity (Wildman–Crippen MR) is 52.2 cm³/mol. The molecular weight excluding hydrogens is 184 g/mol. The zero-order chi connectivity index (χ0) is 10.7. The molecule has 0 radical (unpaired) electrons. The third-order valence-corrected chi connectivity index (χ3v) is 1.59. The van der Waals surface area contributed by atoms with Crippen molar-refractivity contribution >= 4 is 17.6 Å². The second-order valence-electron chi connectivity index (χ2n) is 2.73. The Bertz CT molecular complexity index is 380. The maximum atomic E-state index is 10.5. The topological polar surface area (TPSA) is 111 Å². The van der Waals surface area contributed by atoms with E-state index >= 15 is 0 Å². The molecule has 0 aromatic carbocycles. The maximum Gasteiger partial charge on any atom is 0.237 e. The van der Waals surface area contributed by atoms with Crippen LogP contribution in [0.25, 0.3) is 0 Å². The zero-order valence-corrected chi connectivity index (χ0v) is 7.98. The van der Waals surface area contributed by atoms with Gasteiger partial charge < -0.3 is 11.5 Å². The van der Waals surface area contributed by atoms with E-state index in [0.717, 1.165) is 0 Å². The van der Waals surface area contributed by atoms with Crippen LogP contribution >= 0.6 is 0 Å². The Morgan fingerprint density at radius 1 is 1.71 bits per heavy atom. The van der Waals surface area contributed by atoms with Gasteiger partial charge in [0.1, 0.15) is 5.82 Å². The number of carbonyl (C=O) groups is 1. The van der Waals surface area contributed by atoms with Gasteiger partial charge in [-0.25, -0.2) is 5.43 Å². The highest BCUT2D eigenvalue weighted by atomic mass is 16.2. The fourth-order valence-electron chi connectivity index (χ4n) is 0.844. The monoisotopic (exact) mass is 196 g/mol.